The summed E-state index contributed by atoms with van der Waals surface area (Å²) in [5.41, 5.74) is 5.22. The summed E-state index contributed by atoms with van der Waals surface area (Å²) >= 11 is 5.33. The second-order valence-electron chi connectivity index (χ2n) is 8.83. The molecule has 0 spiro atoms. The minimum absolute atomic E-state index is 0.205. The minimum Gasteiger partial charge on any atom is -0.436 e. The van der Waals surface area contributed by atoms with Gasteiger partial charge in [-0.25, -0.2) is 4.98 Å². The first-order valence-corrected chi connectivity index (χ1v) is 12.2. The summed E-state index contributed by atoms with van der Waals surface area (Å²) < 4.78 is 6.03. The minimum atomic E-state index is -0.304. The SMILES string of the molecule is CC(C)c1ccc(/C=C/C(=O)NC(=S)Nc2ccc3oc(-c4cccc5ccccc45)nc3c2)cc1. The van der Waals surface area contributed by atoms with Gasteiger partial charge in [-0.05, 0) is 70.4 Å². The molecule has 5 aromatic rings. The molecule has 0 unspecified atom stereocenters. The highest BCUT2D eigenvalue weighted by Gasteiger charge is 2.12. The van der Waals surface area contributed by atoms with Gasteiger partial charge in [0.25, 0.3) is 0 Å². The van der Waals surface area contributed by atoms with Gasteiger partial charge < -0.3 is 9.73 Å². The number of fused-ring (bicyclic) bond motifs is 2. The van der Waals surface area contributed by atoms with Crippen molar-refractivity contribution in [3.05, 3.63) is 102 Å². The molecule has 0 atom stereocenters. The third kappa shape index (κ3) is 5.19. The number of nitrogens with one attached hydrogen (secondary N) is 2. The monoisotopic (exact) mass is 491 g/mol. The van der Waals surface area contributed by atoms with E-state index in [1.54, 1.807) is 6.08 Å². The maximum absolute atomic E-state index is 12.3. The average Bonchev–Trinajstić information content (AvgIpc) is 3.30. The molecule has 0 aliphatic rings. The number of nitrogens with zero attached hydrogens (tertiary/aromatic N) is 1. The fourth-order valence-electron chi connectivity index (χ4n) is 4.01. The number of anilines is 1. The summed E-state index contributed by atoms with van der Waals surface area (Å²) in [4.78, 5) is 17.0. The highest BCUT2D eigenvalue weighted by Crippen LogP contribution is 2.31. The van der Waals surface area contributed by atoms with Gasteiger partial charge in [0.15, 0.2) is 10.7 Å². The lowest BCUT2D eigenvalue weighted by Crippen LogP contribution is -2.32. The van der Waals surface area contributed by atoms with E-state index in [4.69, 9.17) is 21.6 Å². The van der Waals surface area contributed by atoms with Crippen LogP contribution in [0.5, 0.6) is 0 Å². The van der Waals surface area contributed by atoms with Gasteiger partial charge in [-0.1, -0.05) is 74.5 Å². The largest absolute Gasteiger partial charge is 0.436 e. The molecule has 0 aliphatic carbocycles. The molecule has 0 fully saturated rings. The third-order valence-corrected chi connectivity index (χ3v) is 6.14. The molecular weight excluding hydrogens is 466 g/mol. The lowest BCUT2D eigenvalue weighted by Gasteiger charge is -2.08. The Morgan fingerprint density at radius 2 is 1.75 bits per heavy atom. The first kappa shape index (κ1) is 23.5. The summed E-state index contributed by atoms with van der Waals surface area (Å²) in [6.07, 6.45) is 3.23. The van der Waals surface area contributed by atoms with Crippen LogP contribution in [0.2, 0.25) is 0 Å². The summed E-state index contributed by atoms with van der Waals surface area (Å²) in [5.74, 6) is 0.721. The summed E-state index contributed by atoms with van der Waals surface area (Å²) in [5, 5.41) is 8.14. The quantitative estimate of drug-likeness (QED) is 0.199. The van der Waals surface area contributed by atoms with Crippen LogP contribution in [0.4, 0.5) is 5.69 Å². The van der Waals surface area contributed by atoms with Crippen molar-refractivity contribution >= 4 is 56.9 Å². The van der Waals surface area contributed by atoms with Crippen LogP contribution in [0.3, 0.4) is 0 Å². The Balaban J connectivity index is 1.26. The molecular formula is C30H25N3O2S. The molecule has 0 aliphatic heterocycles. The number of carbonyl (C=O) groups excluding carboxylic acids is 1. The van der Waals surface area contributed by atoms with Crippen molar-refractivity contribution < 1.29 is 9.21 Å². The number of carbonyl (C=O) groups is 1. The number of oxazole rings is 1. The molecule has 4 aromatic carbocycles. The van der Waals surface area contributed by atoms with Gasteiger partial charge in [-0.2, -0.15) is 0 Å². The lowest BCUT2D eigenvalue weighted by molar-refractivity contribution is -0.115. The van der Waals surface area contributed by atoms with Gasteiger partial charge in [0.05, 0.1) is 0 Å². The van der Waals surface area contributed by atoms with Gasteiger partial charge in [-0.15, -0.1) is 0 Å². The van der Waals surface area contributed by atoms with Crippen molar-refractivity contribution in [2.45, 2.75) is 19.8 Å². The van der Waals surface area contributed by atoms with E-state index >= 15 is 0 Å². The fourth-order valence-corrected chi connectivity index (χ4v) is 4.23. The average molecular weight is 492 g/mol. The van der Waals surface area contributed by atoms with Gasteiger partial charge in [0.1, 0.15) is 5.52 Å². The van der Waals surface area contributed by atoms with Gasteiger partial charge in [-0.3, -0.25) is 10.1 Å². The number of hydrogen-bond acceptors (Lipinski definition) is 4. The Morgan fingerprint density at radius 1 is 0.972 bits per heavy atom. The highest BCUT2D eigenvalue weighted by molar-refractivity contribution is 7.80. The molecule has 0 bridgehead atoms. The van der Waals surface area contributed by atoms with Crippen molar-refractivity contribution in [1.82, 2.24) is 10.3 Å². The molecule has 0 saturated heterocycles. The smallest absolute Gasteiger partial charge is 0.250 e. The molecule has 0 radical (unpaired) electrons. The van der Waals surface area contributed by atoms with Gasteiger partial charge >= 0.3 is 0 Å². The summed E-state index contributed by atoms with van der Waals surface area (Å²) in [6, 6.07) is 27.9. The van der Waals surface area contributed by atoms with Crippen LogP contribution in [-0.2, 0) is 4.79 Å². The van der Waals surface area contributed by atoms with Gasteiger partial charge in [0.2, 0.25) is 11.8 Å². The van der Waals surface area contributed by atoms with Crippen molar-refractivity contribution in [2.24, 2.45) is 0 Å². The molecule has 1 amide bonds. The molecule has 2 N–H and O–H groups in total. The van der Waals surface area contributed by atoms with Crippen molar-refractivity contribution in [3.63, 3.8) is 0 Å². The standard InChI is InChI=1S/C30H25N3O2S/c1-19(2)21-13-10-20(11-14-21)12-17-28(34)33-30(36)31-23-15-16-27-26(18-23)32-29(35-27)25-9-5-7-22-6-3-4-8-24(22)25/h3-19H,1-2H3,(H2,31,33,34,36)/b17-12+. The van der Waals surface area contributed by atoms with Crippen molar-refractivity contribution in [1.29, 1.82) is 0 Å². The van der Waals surface area contributed by atoms with Crippen LogP contribution in [0.1, 0.15) is 30.9 Å². The maximum Gasteiger partial charge on any atom is 0.250 e. The molecule has 178 valence electrons. The third-order valence-electron chi connectivity index (χ3n) is 5.93. The molecule has 6 heteroatoms. The molecule has 36 heavy (non-hydrogen) atoms. The maximum atomic E-state index is 12.3. The second-order valence-corrected chi connectivity index (χ2v) is 9.23. The van der Waals surface area contributed by atoms with E-state index < -0.39 is 0 Å². The number of amides is 1. The van der Waals surface area contributed by atoms with Crippen molar-refractivity contribution in [3.8, 4) is 11.5 Å². The zero-order valence-corrected chi connectivity index (χ0v) is 20.8. The van der Waals surface area contributed by atoms with E-state index in [1.807, 2.05) is 54.6 Å². The first-order chi connectivity index (χ1) is 17.5. The number of aromatic nitrogens is 1. The second kappa shape index (κ2) is 10.1. The van der Waals surface area contributed by atoms with E-state index in [0.717, 1.165) is 21.9 Å². The van der Waals surface area contributed by atoms with Crippen LogP contribution in [-0.4, -0.2) is 16.0 Å². The van der Waals surface area contributed by atoms with E-state index in [0.29, 0.717) is 28.6 Å². The number of hydrogen-bond donors (Lipinski definition) is 2. The zero-order chi connectivity index (χ0) is 25.1. The number of rotatable bonds is 5. The fraction of sp³-hybridized carbons (Fsp3) is 0.100. The number of thiocarbonyl (C=S) groups is 1. The molecule has 5 rings (SSSR count). The van der Waals surface area contributed by atoms with Crippen molar-refractivity contribution in [2.75, 3.05) is 5.32 Å². The van der Waals surface area contributed by atoms with Crippen LogP contribution < -0.4 is 10.6 Å². The highest BCUT2D eigenvalue weighted by atomic mass is 32.1. The van der Waals surface area contributed by atoms with Crippen LogP contribution in [0.25, 0.3) is 39.4 Å². The molecule has 5 nitrogen and oxygen atoms in total. The van der Waals surface area contributed by atoms with Crippen LogP contribution in [0, 0.1) is 0 Å². The normalized spacial score (nSPS) is 11.4. The zero-order valence-electron chi connectivity index (χ0n) is 20.0. The van der Waals surface area contributed by atoms with E-state index in [2.05, 4.69) is 54.8 Å². The molecule has 0 saturated carbocycles. The summed E-state index contributed by atoms with van der Waals surface area (Å²) in [6.45, 7) is 4.30. The van der Waals surface area contributed by atoms with Crippen LogP contribution >= 0.6 is 12.2 Å². The van der Waals surface area contributed by atoms with Crippen LogP contribution in [0.15, 0.2) is 95.4 Å². The predicted molar refractivity (Wildman–Crippen MR) is 151 cm³/mol. The van der Waals surface area contributed by atoms with E-state index in [9.17, 15) is 4.79 Å². The molecule has 1 heterocycles. The topological polar surface area (TPSA) is 67.2 Å². The first-order valence-electron chi connectivity index (χ1n) is 11.7. The van der Waals surface area contributed by atoms with E-state index in [1.165, 1.54) is 11.6 Å². The summed E-state index contributed by atoms with van der Waals surface area (Å²) in [7, 11) is 0. The Labute approximate surface area is 214 Å². The number of benzene rings is 4. The Bertz CT molecular complexity index is 1590. The Hall–Kier alpha value is -4.29. The lowest BCUT2D eigenvalue weighted by atomic mass is 10.0. The molecule has 1 aromatic heterocycles. The Kier molecular flexibility index (Phi) is 6.60. The predicted octanol–water partition coefficient (Wildman–Crippen LogP) is 7.30. The van der Waals surface area contributed by atoms with E-state index in [-0.39, 0.29) is 11.0 Å². The Morgan fingerprint density at radius 3 is 2.56 bits per heavy atom. The van der Waals surface area contributed by atoms with Gasteiger partial charge in [0, 0.05) is 17.3 Å².